The summed E-state index contributed by atoms with van der Waals surface area (Å²) >= 11 is 1.22. The summed E-state index contributed by atoms with van der Waals surface area (Å²) in [5.41, 5.74) is 8.40. The summed E-state index contributed by atoms with van der Waals surface area (Å²) in [6.07, 6.45) is 0. The van der Waals surface area contributed by atoms with Crippen molar-refractivity contribution in [2.24, 2.45) is 0 Å². The zero-order chi connectivity index (χ0) is 11.3. The van der Waals surface area contributed by atoms with Crippen LogP contribution in [0.5, 0.6) is 0 Å². The van der Waals surface area contributed by atoms with E-state index in [2.05, 4.69) is 11.8 Å². The average molecular weight is 219 g/mol. The highest BCUT2D eigenvalue weighted by Gasteiger charge is 1.94. The molecule has 0 aliphatic carbocycles. The van der Waals surface area contributed by atoms with Crippen LogP contribution in [0.1, 0.15) is 18.1 Å². The van der Waals surface area contributed by atoms with E-state index in [1.54, 1.807) is 6.92 Å². The number of aryl methyl sites for hydroxylation is 1. The molecule has 15 heavy (non-hydrogen) atoms. The predicted octanol–water partition coefficient (Wildman–Crippen LogP) is 2.21. The first-order chi connectivity index (χ1) is 7.09. The summed E-state index contributed by atoms with van der Waals surface area (Å²) in [4.78, 5) is 10.6. The second kappa shape index (κ2) is 5.47. The number of carbonyl (C=O) groups is 1. The summed E-state index contributed by atoms with van der Waals surface area (Å²) in [7, 11) is 0. The topological polar surface area (TPSA) is 43.1 Å². The quantitative estimate of drug-likeness (QED) is 0.581. The molecule has 2 nitrogen and oxygen atoms in total. The average Bonchev–Trinajstić information content (AvgIpc) is 2.14. The van der Waals surface area contributed by atoms with Gasteiger partial charge in [0.1, 0.15) is 0 Å². The predicted molar refractivity (Wildman–Crippen MR) is 65.6 cm³/mol. The van der Waals surface area contributed by atoms with Crippen molar-refractivity contribution in [3.63, 3.8) is 0 Å². The highest BCUT2D eigenvalue weighted by molar-refractivity contribution is 8.13. The van der Waals surface area contributed by atoms with Crippen LogP contribution in [0.4, 0.5) is 5.69 Å². The zero-order valence-corrected chi connectivity index (χ0v) is 9.65. The van der Waals surface area contributed by atoms with E-state index in [9.17, 15) is 4.79 Å². The zero-order valence-electron chi connectivity index (χ0n) is 8.83. The molecule has 0 radical (unpaired) electrons. The molecule has 0 aliphatic rings. The monoisotopic (exact) mass is 219 g/mol. The standard InChI is InChI=1S/C12H13NOS/c1-9-8-12(13)6-5-11(9)4-3-7-15-10(2)14/h5-6,8H,7,13H2,1-2H3. The molecule has 0 saturated heterocycles. The van der Waals surface area contributed by atoms with Crippen LogP contribution >= 0.6 is 11.8 Å². The van der Waals surface area contributed by atoms with Gasteiger partial charge in [-0.15, -0.1) is 0 Å². The molecule has 1 aromatic rings. The van der Waals surface area contributed by atoms with Gasteiger partial charge in [-0.2, -0.15) is 0 Å². The van der Waals surface area contributed by atoms with E-state index in [0.717, 1.165) is 16.8 Å². The van der Waals surface area contributed by atoms with Gasteiger partial charge in [-0.1, -0.05) is 23.6 Å². The summed E-state index contributed by atoms with van der Waals surface area (Å²) < 4.78 is 0. The van der Waals surface area contributed by atoms with E-state index in [1.165, 1.54) is 11.8 Å². The number of carbonyl (C=O) groups excluding carboxylic acids is 1. The van der Waals surface area contributed by atoms with Gasteiger partial charge in [-0.3, -0.25) is 4.79 Å². The van der Waals surface area contributed by atoms with Crippen LogP contribution in [-0.2, 0) is 4.79 Å². The number of anilines is 1. The van der Waals surface area contributed by atoms with Crippen LogP contribution in [0, 0.1) is 18.8 Å². The third-order valence-corrected chi connectivity index (χ3v) is 2.52. The highest BCUT2D eigenvalue weighted by Crippen LogP contribution is 2.11. The minimum absolute atomic E-state index is 0.0957. The van der Waals surface area contributed by atoms with Gasteiger partial charge in [-0.05, 0) is 30.7 Å². The first-order valence-corrected chi connectivity index (χ1v) is 5.56. The molecular formula is C12H13NOS. The molecule has 0 atom stereocenters. The van der Waals surface area contributed by atoms with Gasteiger partial charge in [0.2, 0.25) is 0 Å². The Labute approximate surface area is 94.2 Å². The Morgan fingerprint density at radius 2 is 2.27 bits per heavy atom. The van der Waals surface area contributed by atoms with E-state index in [1.807, 2.05) is 25.1 Å². The Hall–Kier alpha value is -1.40. The van der Waals surface area contributed by atoms with Crippen molar-refractivity contribution < 1.29 is 4.79 Å². The van der Waals surface area contributed by atoms with Crippen molar-refractivity contribution in [3.05, 3.63) is 29.3 Å². The number of benzene rings is 1. The molecule has 3 heteroatoms. The number of nitrogen functional groups attached to an aromatic ring is 1. The maximum atomic E-state index is 10.6. The van der Waals surface area contributed by atoms with Crippen LogP contribution in [0.3, 0.4) is 0 Å². The lowest BCUT2D eigenvalue weighted by Gasteiger charge is -1.98. The van der Waals surface area contributed by atoms with E-state index in [0.29, 0.717) is 5.75 Å². The molecule has 0 bridgehead atoms. The SMILES string of the molecule is CC(=O)SCC#Cc1ccc(N)cc1C. The molecule has 0 spiro atoms. The minimum Gasteiger partial charge on any atom is -0.399 e. The van der Waals surface area contributed by atoms with E-state index in [-0.39, 0.29) is 5.12 Å². The third-order valence-electron chi connectivity index (χ3n) is 1.82. The molecule has 0 heterocycles. The van der Waals surface area contributed by atoms with Crippen molar-refractivity contribution >= 4 is 22.6 Å². The molecule has 0 unspecified atom stereocenters. The molecule has 78 valence electrons. The fourth-order valence-electron chi connectivity index (χ4n) is 1.10. The maximum Gasteiger partial charge on any atom is 0.186 e. The number of hydrogen-bond donors (Lipinski definition) is 1. The third kappa shape index (κ3) is 4.09. The Kier molecular flexibility index (Phi) is 4.26. The smallest absolute Gasteiger partial charge is 0.186 e. The van der Waals surface area contributed by atoms with Crippen molar-refractivity contribution in [2.45, 2.75) is 13.8 Å². The van der Waals surface area contributed by atoms with Gasteiger partial charge in [-0.25, -0.2) is 0 Å². The molecule has 1 aromatic carbocycles. The Morgan fingerprint density at radius 1 is 1.53 bits per heavy atom. The van der Waals surface area contributed by atoms with Crippen molar-refractivity contribution in [1.29, 1.82) is 0 Å². The van der Waals surface area contributed by atoms with E-state index >= 15 is 0 Å². The number of hydrogen-bond acceptors (Lipinski definition) is 3. The summed E-state index contributed by atoms with van der Waals surface area (Å²) in [5.74, 6) is 6.50. The second-order valence-corrected chi connectivity index (χ2v) is 4.31. The molecular weight excluding hydrogens is 206 g/mol. The molecule has 0 aromatic heterocycles. The van der Waals surface area contributed by atoms with E-state index in [4.69, 9.17) is 5.73 Å². The lowest BCUT2D eigenvalue weighted by molar-refractivity contribution is -0.109. The van der Waals surface area contributed by atoms with Crippen molar-refractivity contribution in [3.8, 4) is 11.8 Å². The largest absolute Gasteiger partial charge is 0.399 e. The Balaban J connectivity index is 2.67. The fourth-order valence-corrected chi connectivity index (χ4v) is 1.44. The van der Waals surface area contributed by atoms with Crippen LogP contribution in [-0.4, -0.2) is 10.9 Å². The lowest BCUT2D eigenvalue weighted by atomic mass is 10.1. The van der Waals surface area contributed by atoms with Gasteiger partial charge in [0, 0.05) is 18.2 Å². The van der Waals surface area contributed by atoms with Gasteiger partial charge in [0.05, 0.1) is 5.75 Å². The van der Waals surface area contributed by atoms with Crippen LogP contribution < -0.4 is 5.73 Å². The van der Waals surface area contributed by atoms with Gasteiger partial charge in [0.15, 0.2) is 5.12 Å². The number of thioether (sulfide) groups is 1. The Morgan fingerprint density at radius 3 is 2.87 bits per heavy atom. The lowest BCUT2D eigenvalue weighted by Crippen LogP contribution is -1.88. The van der Waals surface area contributed by atoms with Gasteiger partial charge < -0.3 is 5.73 Å². The number of rotatable bonds is 1. The van der Waals surface area contributed by atoms with Gasteiger partial charge >= 0.3 is 0 Å². The fraction of sp³-hybridized carbons (Fsp3) is 0.250. The van der Waals surface area contributed by atoms with Crippen molar-refractivity contribution in [1.82, 2.24) is 0 Å². The van der Waals surface area contributed by atoms with Crippen LogP contribution in [0.15, 0.2) is 18.2 Å². The molecule has 1 rings (SSSR count). The normalized spacial score (nSPS) is 9.20. The molecule has 0 saturated carbocycles. The molecule has 0 fully saturated rings. The van der Waals surface area contributed by atoms with Crippen LogP contribution in [0.2, 0.25) is 0 Å². The maximum absolute atomic E-state index is 10.6. The second-order valence-electron chi connectivity index (χ2n) is 3.16. The highest BCUT2D eigenvalue weighted by atomic mass is 32.2. The molecule has 2 N–H and O–H groups in total. The molecule has 0 amide bonds. The van der Waals surface area contributed by atoms with E-state index < -0.39 is 0 Å². The Bertz CT molecular complexity index is 429. The first kappa shape index (κ1) is 11.7. The summed E-state index contributed by atoms with van der Waals surface area (Å²) in [6.45, 7) is 3.51. The van der Waals surface area contributed by atoms with Gasteiger partial charge in [0.25, 0.3) is 0 Å². The molecule has 0 aliphatic heterocycles. The summed E-state index contributed by atoms with van der Waals surface area (Å²) in [5, 5.41) is 0.0957. The minimum atomic E-state index is 0.0957. The van der Waals surface area contributed by atoms with Crippen molar-refractivity contribution in [2.75, 3.05) is 11.5 Å². The number of nitrogens with two attached hydrogens (primary N) is 1. The first-order valence-electron chi connectivity index (χ1n) is 4.58. The van der Waals surface area contributed by atoms with Crippen LogP contribution in [0.25, 0.3) is 0 Å². The summed E-state index contributed by atoms with van der Waals surface area (Å²) in [6, 6.07) is 5.62.